The molecule has 1 saturated heterocycles. The summed E-state index contributed by atoms with van der Waals surface area (Å²) in [5.41, 5.74) is 1.56. The van der Waals surface area contributed by atoms with Gasteiger partial charge >= 0.3 is 5.97 Å². The van der Waals surface area contributed by atoms with Crippen LogP contribution in [0.2, 0.25) is 0 Å². The van der Waals surface area contributed by atoms with E-state index in [2.05, 4.69) is 9.88 Å². The molecular formula is C13H18N2O4. The summed E-state index contributed by atoms with van der Waals surface area (Å²) in [6, 6.07) is 3.48. The standard InChI is InChI=1S/C13H18N2O4/c1-2-19-13(17)12-8-11(7-10(9-16)14-12)15-3-5-18-6-4-15/h7-8,16H,2-6,9H2,1H3. The van der Waals surface area contributed by atoms with Crippen LogP contribution in [0.15, 0.2) is 12.1 Å². The molecule has 0 radical (unpaired) electrons. The molecule has 1 N–H and O–H groups in total. The van der Waals surface area contributed by atoms with Gasteiger partial charge in [-0.05, 0) is 19.1 Å². The molecule has 0 saturated carbocycles. The predicted octanol–water partition coefficient (Wildman–Crippen LogP) is 0.587. The number of aliphatic hydroxyl groups is 1. The van der Waals surface area contributed by atoms with Crippen LogP contribution >= 0.6 is 0 Å². The molecule has 0 atom stereocenters. The fourth-order valence-corrected chi connectivity index (χ4v) is 1.97. The van der Waals surface area contributed by atoms with Gasteiger partial charge in [0.2, 0.25) is 0 Å². The van der Waals surface area contributed by atoms with Gasteiger partial charge in [-0.15, -0.1) is 0 Å². The summed E-state index contributed by atoms with van der Waals surface area (Å²) in [6.07, 6.45) is 0. The molecule has 6 heteroatoms. The van der Waals surface area contributed by atoms with Gasteiger partial charge in [-0.25, -0.2) is 9.78 Å². The highest BCUT2D eigenvalue weighted by Crippen LogP contribution is 2.19. The zero-order valence-corrected chi connectivity index (χ0v) is 11.0. The number of carbonyl (C=O) groups is 1. The molecule has 1 aliphatic rings. The molecule has 1 fully saturated rings. The van der Waals surface area contributed by atoms with Crippen LogP contribution in [0.1, 0.15) is 23.1 Å². The van der Waals surface area contributed by atoms with Gasteiger partial charge in [0.25, 0.3) is 0 Å². The van der Waals surface area contributed by atoms with Gasteiger partial charge < -0.3 is 19.5 Å². The van der Waals surface area contributed by atoms with Crippen molar-refractivity contribution in [2.24, 2.45) is 0 Å². The molecule has 0 aromatic carbocycles. The maximum Gasteiger partial charge on any atom is 0.356 e. The number of hydrogen-bond acceptors (Lipinski definition) is 6. The van der Waals surface area contributed by atoms with E-state index < -0.39 is 5.97 Å². The van der Waals surface area contributed by atoms with Crippen LogP contribution in [0.3, 0.4) is 0 Å². The summed E-state index contributed by atoms with van der Waals surface area (Å²) in [6.45, 7) is 4.68. The molecule has 0 amide bonds. The maximum absolute atomic E-state index is 11.7. The highest BCUT2D eigenvalue weighted by Gasteiger charge is 2.16. The third-order valence-corrected chi connectivity index (χ3v) is 2.89. The minimum atomic E-state index is -0.465. The van der Waals surface area contributed by atoms with Crippen molar-refractivity contribution in [2.75, 3.05) is 37.8 Å². The predicted molar refractivity (Wildman–Crippen MR) is 69.1 cm³/mol. The first-order valence-corrected chi connectivity index (χ1v) is 6.36. The van der Waals surface area contributed by atoms with Crippen LogP contribution in [0.25, 0.3) is 0 Å². The number of morpholine rings is 1. The van der Waals surface area contributed by atoms with Gasteiger partial charge in [0.15, 0.2) is 5.69 Å². The Hall–Kier alpha value is -1.66. The van der Waals surface area contributed by atoms with Crippen molar-refractivity contribution in [1.29, 1.82) is 0 Å². The number of nitrogens with zero attached hydrogens (tertiary/aromatic N) is 2. The summed E-state index contributed by atoms with van der Waals surface area (Å²) in [4.78, 5) is 17.9. The van der Waals surface area contributed by atoms with E-state index in [1.807, 2.05) is 0 Å². The first-order chi connectivity index (χ1) is 9.24. The van der Waals surface area contributed by atoms with E-state index in [1.165, 1.54) is 0 Å². The maximum atomic E-state index is 11.7. The topological polar surface area (TPSA) is 71.9 Å². The van der Waals surface area contributed by atoms with Crippen molar-refractivity contribution < 1.29 is 19.4 Å². The summed E-state index contributed by atoms with van der Waals surface area (Å²) < 4.78 is 10.2. The second kappa shape index (κ2) is 6.49. The summed E-state index contributed by atoms with van der Waals surface area (Å²) in [5, 5.41) is 9.24. The van der Waals surface area contributed by atoms with E-state index in [9.17, 15) is 9.90 Å². The second-order valence-electron chi connectivity index (χ2n) is 4.18. The van der Waals surface area contributed by atoms with E-state index in [0.29, 0.717) is 25.5 Å². The first-order valence-electron chi connectivity index (χ1n) is 6.36. The average molecular weight is 266 g/mol. The lowest BCUT2D eigenvalue weighted by molar-refractivity contribution is 0.0519. The molecule has 2 heterocycles. The molecule has 0 unspecified atom stereocenters. The molecule has 1 aliphatic heterocycles. The molecule has 1 aromatic heterocycles. The van der Waals surface area contributed by atoms with Crippen LogP contribution in [-0.4, -0.2) is 49.0 Å². The normalized spacial score (nSPS) is 15.4. The molecule has 104 valence electrons. The Morgan fingerprint density at radius 1 is 1.47 bits per heavy atom. The highest BCUT2D eigenvalue weighted by molar-refractivity contribution is 5.88. The van der Waals surface area contributed by atoms with E-state index in [4.69, 9.17) is 9.47 Å². The second-order valence-corrected chi connectivity index (χ2v) is 4.18. The molecule has 0 bridgehead atoms. The van der Waals surface area contributed by atoms with Gasteiger partial charge in [-0.1, -0.05) is 0 Å². The van der Waals surface area contributed by atoms with Gasteiger partial charge in [0.05, 0.1) is 32.1 Å². The Labute approximate surface area is 112 Å². The number of anilines is 1. The van der Waals surface area contributed by atoms with Crippen LogP contribution in [-0.2, 0) is 16.1 Å². The lowest BCUT2D eigenvalue weighted by Crippen LogP contribution is -2.36. The number of pyridine rings is 1. The smallest absolute Gasteiger partial charge is 0.356 e. The molecule has 2 rings (SSSR count). The van der Waals surface area contributed by atoms with Gasteiger partial charge in [-0.2, -0.15) is 0 Å². The summed E-state index contributed by atoms with van der Waals surface area (Å²) in [7, 11) is 0. The van der Waals surface area contributed by atoms with Crippen molar-refractivity contribution in [3.63, 3.8) is 0 Å². The van der Waals surface area contributed by atoms with Gasteiger partial charge in [0, 0.05) is 18.8 Å². The number of esters is 1. The van der Waals surface area contributed by atoms with Crippen molar-refractivity contribution in [1.82, 2.24) is 4.98 Å². The Bertz CT molecular complexity index is 444. The SMILES string of the molecule is CCOC(=O)c1cc(N2CCOCC2)cc(CO)n1. The zero-order valence-electron chi connectivity index (χ0n) is 11.0. The summed E-state index contributed by atoms with van der Waals surface area (Å²) >= 11 is 0. The van der Waals surface area contributed by atoms with Gasteiger partial charge in [0.1, 0.15) is 0 Å². The van der Waals surface area contributed by atoms with E-state index >= 15 is 0 Å². The number of aliphatic hydroxyl groups excluding tert-OH is 1. The number of ether oxygens (including phenoxy) is 2. The first kappa shape index (κ1) is 13.8. The van der Waals surface area contributed by atoms with Crippen molar-refractivity contribution in [2.45, 2.75) is 13.5 Å². The monoisotopic (exact) mass is 266 g/mol. The van der Waals surface area contributed by atoms with Gasteiger partial charge in [-0.3, -0.25) is 0 Å². The van der Waals surface area contributed by atoms with Crippen LogP contribution in [0.5, 0.6) is 0 Å². The third kappa shape index (κ3) is 3.42. The van der Waals surface area contributed by atoms with Crippen molar-refractivity contribution in [3.05, 3.63) is 23.5 Å². The number of hydrogen-bond donors (Lipinski definition) is 1. The zero-order chi connectivity index (χ0) is 13.7. The third-order valence-electron chi connectivity index (χ3n) is 2.89. The van der Waals surface area contributed by atoms with Crippen LogP contribution < -0.4 is 4.90 Å². The Balaban J connectivity index is 2.26. The fraction of sp³-hybridized carbons (Fsp3) is 0.538. The lowest BCUT2D eigenvalue weighted by Gasteiger charge is -2.29. The molecule has 0 aliphatic carbocycles. The van der Waals surface area contributed by atoms with Crippen LogP contribution in [0.4, 0.5) is 5.69 Å². The quantitative estimate of drug-likeness (QED) is 0.804. The largest absolute Gasteiger partial charge is 0.461 e. The Kier molecular flexibility index (Phi) is 4.70. The Morgan fingerprint density at radius 2 is 2.21 bits per heavy atom. The molecular weight excluding hydrogens is 248 g/mol. The lowest BCUT2D eigenvalue weighted by atomic mass is 10.2. The minimum Gasteiger partial charge on any atom is -0.461 e. The number of aromatic nitrogens is 1. The fourth-order valence-electron chi connectivity index (χ4n) is 1.97. The summed E-state index contributed by atoms with van der Waals surface area (Å²) in [5.74, 6) is -0.465. The van der Waals surface area contributed by atoms with Crippen molar-refractivity contribution >= 4 is 11.7 Å². The van der Waals surface area contributed by atoms with Crippen molar-refractivity contribution in [3.8, 4) is 0 Å². The number of rotatable bonds is 4. The highest BCUT2D eigenvalue weighted by atomic mass is 16.5. The van der Waals surface area contributed by atoms with E-state index in [0.717, 1.165) is 18.8 Å². The molecule has 1 aromatic rings. The average Bonchev–Trinajstić information content (AvgIpc) is 2.48. The molecule has 6 nitrogen and oxygen atoms in total. The van der Waals surface area contributed by atoms with Crippen LogP contribution in [0, 0.1) is 0 Å². The molecule has 19 heavy (non-hydrogen) atoms. The van der Waals surface area contributed by atoms with E-state index in [1.54, 1.807) is 19.1 Å². The number of carbonyl (C=O) groups excluding carboxylic acids is 1. The van der Waals surface area contributed by atoms with E-state index in [-0.39, 0.29) is 12.3 Å². The minimum absolute atomic E-state index is 0.204. The molecule has 0 spiro atoms. The Morgan fingerprint density at radius 3 is 2.84 bits per heavy atom.